The first-order valence-electron chi connectivity index (χ1n) is 5.24. The summed E-state index contributed by atoms with van der Waals surface area (Å²) in [5.41, 5.74) is 7.49. The van der Waals surface area contributed by atoms with Crippen molar-refractivity contribution in [2.75, 3.05) is 7.11 Å². The number of halogens is 1. The molecule has 0 atom stereocenters. The highest BCUT2D eigenvalue weighted by Gasteiger charge is 2.37. The lowest BCUT2D eigenvalue weighted by Crippen LogP contribution is -2.22. The number of rotatable bonds is 4. The highest BCUT2D eigenvalue weighted by atomic mass is 79.9. The molecule has 0 aliphatic heterocycles. The Morgan fingerprint density at radius 2 is 2.20 bits per heavy atom. The van der Waals surface area contributed by atoms with Crippen molar-refractivity contribution in [1.82, 2.24) is 0 Å². The first-order valence-corrected chi connectivity index (χ1v) is 6.04. The zero-order chi connectivity index (χ0) is 10.9. The van der Waals surface area contributed by atoms with E-state index in [0.29, 0.717) is 0 Å². The molecule has 82 valence electrons. The molecule has 0 unspecified atom stereocenters. The smallest absolute Gasteiger partial charge is 0.133 e. The van der Waals surface area contributed by atoms with E-state index in [4.69, 9.17) is 10.5 Å². The minimum atomic E-state index is 0.139. The Labute approximate surface area is 98.9 Å². The van der Waals surface area contributed by atoms with Crippen LogP contribution in [-0.2, 0) is 6.42 Å². The van der Waals surface area contributed by atoms with Gasteiger partial charge in [0.15, 0.2) is 0 Å². The summed E-state index contributed by atoms with van der Waals surface area (Å²) in [6, 6.07) is 6.23. The molecule has 0 heterocycles. The fourth-order valence-corrected chi connectivity index (χ4v) is 2.07. The summed E-state index contributed by atoms with van der Waals surface area (Å²) in [4.78, 5) is 0. The van der Waals surface area contributed by atoms with Crippen molar-refractivity contribution in [3.63, 3.8) is 0 Å². The molecule has 2 rings (SSSR count). The van der Waals surface area contributed by atoms with Gasteiger partial charge in [-0.05, 0) is 59.3 Å². The van der Waals surface area contributed by atoms with Gasteiger partial charge in [-0.25, -0.2) is 0 Å². The maximum Gasteiger partial charge on any atom is 0.133 e. The van der Waals surface area contributed by atoms with Gasteiger partial charge in [-0.1, -0.05) is 6.07 Å². The Bertz CT molecular complexity index is 361. The van der Waals surface area contributed by atoms with Crippen molar-refractivity contribution < 1.29 is 4.74 Å². The van der Waals surface area contributed by atoms with E-state index in [1.807, 2.05) is 6.07 Å². The van der Waals surface area contributed by atoms with E-state index < -0.39 is 0 Å². The minimum Gasteiger partial charge on any atom is -0.496 e. The van der Waals surface area contributed by atoms with E-state index in [2.05, 4.69) is 28.1 Å². The Morgan fingerprint density at radius 3 is 2.80 bits per heavy atom. The molecule has 2 nitrogen and oxygen atoms in total. The third-order valence-electron chi connectivity index (χ3n) is 3.02. The molecule has 0 saturated heterocycles. The van der Waals surface area contributed by atoms with Gasteiger partial charge in [-0.2, -0.15) is 0 Å². The second-order valence-corrected chi connectivity index (χ2v) is 5.19. The molecule has 1 aromatic carbocycles. The molecule has 0 amide bonds. The Kier molecular flexibility index (Phi) is 3.03. The molecular weight excluding hydrogens is 254 g/mol. The van der Waals surface area contributed by atoms with Gasteiger partial charge in [0, 0.05) is 5.54 Å². The third kappa shape index (κ3) is 2.73. The largest absolute Gasteiger partial charge is 0.496 e. The lowest BCUT2D eigenvalue weighted by Gasteiger charge is -2.10. The number of benzene rings is 1. The molecule has 0 radical (unpaired) electrons. The summed E-state index contributed by atoms with van der Waals surface area (Å²) < 4.78 is 6.26. The molecule has 1 fully saturated rings. The zero-order valence-electron chi connectivity index (χ0n) is 8.92. The Balaban J connectivity index is 2.01. The molecule has 15 heavy (non-hydrogen) atoms. The summed E-state index contributed by atoms with van der Waals surface area (Å²) in [7, 11) is 1.69. The Morgan fingerprint density at radius 1 is 1.47 bits per heavy atom. The van der Waals surface area contributed by atoms with Crippen molar-refractivity contribution in [3.8, 4) is 5.75 Å². The molecule has 1 aliphatic carbocycles. The summed E-state index contributed by atoms with van der Waals surface area (Å²) in [6.45, 7) is 0. The van der Waals surface area contributed by atoms with Crippen LogP contribution in [0.2, 0.25) is 0 Å². The highest BCUT2D eigenvalue weighted by Crippen LogP contribution is 2.37. The highest BCUT2D eigenvalue weighted by molar-refractivity contribution is 9.10. The van der Waals surface area contributed by atoms with Crippen molar-refractivity contribution in [2.24, 2.45) is 5.73 Å². The fraction of sp³-hybridized carbons (Fsp3) is 0.500. The summed E-state index contributed by atoms with van der Waals surface area (Å²) >= 11 is 3.44. The summed E-state index contributed by atoms with van der Waals surface area (Å²) in [5.74, 6) is 0.898. The first-order chi connectivity index (χ1) is 7.13. The van der Waals surface area contributed by atoms with Crippen LogP contribution in [0.1, 0.15) is 24.8 Å². The standard InChI is InChI=1S/C12H16BrNO/c1-15-11-8-9(2-3-10(11)13)4-5-12(14)6-7-12/h2-3,8H,4-7,14H2,1H3. The topological polar surface area (TPSA) is 35.2 Å². The van der Waals surface area contributed by atoms with E-state index >= 15 is 0 Å². The van der Waals surface area contributed by atoms with Crippen LogP contribution >= 0.6 is 15.9 Å². The maximum absolute atomic E-state index is 6.05. The fourth-order valence-electron chi connectivity index (χ4n) is 1.66. The molecule has 3 heteroatoms. The Hall–Kier alpha value is -0.540. The van der Waals surface area contributed by atoms with Crippen LogP contribution in [-0.4, -0.2) is 12.6 Å². The number of hydrogen-bond donors (Lipinski definition) is 1. The number of ether oxygens (including phenoxy) is 1. The molecule has 1 saturated carbocycles. The van der Waals surface area contributed by atoms with E-state index in [-0.39, 0.29) is 5.54 Å². The van der Waals surface area contributed by atoms with Gasteiger partial charge in [0.1, 0.15) is 5.75 Å². The average molecular weight is 270 g/mol. The van der Waals surface area contributed by atoms with Crippen LogP contribution < -0.4 is 10.5 Å². The summed E-state index contributed by atoms with van der Waals surface area (Å²) in [5, 5.41) is 0. The summed E-state index contributed by atoms with van der Waals surface area (Å²) in [6.07, 6.45) is 4.49. The monoisotopic (exact) mass is 269 g/mol. The van der Waals surface area contributed by atoms with E-state index in [1.165, 1.54) is 18.4 Å². The van der Waals surface area contributed by atoms with Crippen LogP contribution in [0.5, 0.6) is 5.75 Å². The predicted octanol–water partition coefficient (Wildman–Crippen LogP) is 2.88. The quantitative estimate of drug-likeness (QED) is 0.913. The van der Waals surface area contributed by atoms with Crippen molar-refractivity contribution >= 4 is 15.9 Å². The van der Waals surface area contributed by atoms with Gasteiger partial charge < -0.3 is 10.5 Å². The lowest BCUT2D eigenvalue weighted by atomic mass is 10.0. The van der Waals surface area contributed by atoms with Crippen LogP contribution in [0.3, 0.4) is 0 Å². The molecule has 0 aromatic heterocycles. The number of aryl methyl sites for hydroxylation is 1. The second-order valence-electron chi connectivity index (χ2n) is 4.33. The maximum atomic E-state index is 6.05. The van der Waals surface area contributed by atoms with E-state index in [1.54, 1.807) is 7.11 Å². The SMILES string of the molecule is COc1cc(CCC2(N)CC2)ccc1Br. The molecule has 1 aromatic rings. The molecule has 0 bridgehead atoms. The van der Waals surface area contributed by atoms with Crippen molar-refractivity contribution in [2.45, 2.75) is 31.2 Å². The molecule has 1 aliphatic rings. The number of methoxy groups -OCH3 is 1. The van der Waals surface area contributed by atoms with E-state index in [9.17, 15) is 0 Å². The van der Waals surface area contributed by atoms with Gasteiger partial charge in [0.2, 0.25) is 0 Å². The molecule has 2 N–H and O–H groups in total. The lowest BCUT2D eigenvalue weighted by molar-refractivity contribution is 0.411. The van der Waals surface area contributed by atoms with Crippen molar-refractivity contribution in [3.05, 3.63) is 28.2 Å². The molecule has 0 spiro atoms. The van der Waals surface area contributed by atoms with Gasteiger partial charge >= 0.3 is 0 Å². The van der Waals surface area contributed by atoms with Gasteiger partial charge in [-0.3, -0.25) is 0 Å². The zero-order valence-corrected chi connectivity index (χ0v) is 10.5. The van der Waals surface area contributed by atoms with E-state index in [0.717, 1.165) is 23.1 Å². The molecular formula is C12H16BrNO. The number of nitrogens with two attached hydrogens (primary N) is 1. The third-order valence-corrected chi connectivity index (χ3v) is 3.67. The predicted molar refractivity (Wildman–Crippen MR) is 65.2 cm³/mol. The van der Waals surface area contributed by atoms with Crippen molar-refractivity contribution in [1.29, 1.82) is 0 Å². The van der Waals surface area contributed by atoms with Crippen LogP contribution in [0.4, 0.5) is 0 Å². The number of hydrogen-bond acceptors (Lipinski definition) is 2. The second kappa shape index (κ2) is 4.14. The van der Waals surface area contributed by atoms with Gasteiger partial charge in [-0.15, -0.1) is 0 Å². The van der Waals surface area contributed by atoms with Gasteiger partial charge in [0.25, 0.3) is 0 Å². The first kappa shape index (κ1) is 11.0. The minimum absolute atomic E-state index is 0.139. The van der Waals surface area contributed by atoms with Gasteiger partial charge in [0.05, 0.1) is 11.6 Å². The van der Waals surface area contributed by atoms with Crippen LogP contribution in [0.15, 0.2) is 22.7 Å². The normalized spacial score (nSPS) is 17.5. The average Bonchev–Trinajstić information content (AvgIpc) is 2.96. The van der Waals surface area contributed by atoms with Crippen LogP contribution in [0.25, 0.3) is 0 Å². The van der Waals surface area contributed by atoms with Crippen LogP contribution in [0, 0.1) is 0 Å².